The molecule has 3 heteroatoms. The molecule has 0 aliphatic heterocycles. The first-order valence-electron chi connectivity index (χ1n) is 8.05. The standard InChI is InChI=1S/C16H16N2O.2C2H6/c1-3-5-6-12(4-2)18-15-9-10-17-16-11-13(19)7-8-14(15)16;2*1-2/h3-11,19H,1H2,2H3,(H,17,18);2*1-2H3/b6-5-,12-4+;;. The maximum atomic E-state index is 9.47. The Balaban J connectivity index is 0.00000112. The van der Waals surface area contributed by atoms with Crippen LogP contribution in [0.5, 0.6) is 5.75 Å². The molecule has 1 aromatic carbocycles. The van der Waals surface area contributed by atoms with Crippen molar-refractivity contribution in [1.29, 1.82) is 0 Å². The summed E-state index contributed by atoms with van der Waals surface area (Å²) in [4.78, 5) is 4.24. The first kappa shape index (κ1) is 20.5. The minimum absolute atomic E-state index is 0.218. The van der Waals surface area contributed by atoms with Crippen molar-refractivity contribution in [2.45, 2.75) is 34.6 Å². The molecule has 0 fully saturated rings. The number of fused-ring (bicyclic) bond motifs is 1. The Morgan fingerprint density at radius 1 is 1.17 bits per heavy atom. The SMILES string of the molecule is C=C/C=C\C(=C/C)Nc1ccnc2cc(O)ccc12.CC.CC. The van der Waals surface area contributed by atoms with E-state index in [9.17, 15) is 5.11 Å². The first-order chi connectivity index (χ1) is 11.2. The van der Waals surface area contributed by atoms with Crippen LogP contribution >= 0.6 is 0 Å². The zero-order valence-electron chi connectivity index (χ0n) is 14.8. The van der Waals surface area contributed by atoms with Gasteiger partial charge in [0.25, 0.3) is 0 Å². The molecular weight excluding hydrogens is 284 g/mol. The smallest absolute Gasteiger partial charge is 0.117 e. The normalized spacial score (nSPS) is 10.4. The average Bonchev–Trinajstić information content (AvgIpc) is 2.61. The van der Waals surface area contributed by atoms with Gasteiger partial charge in [0.05, 0.1) is 5.52 Å². The van der Waals surface area contributed by atoms with E-state index in [4.69, 9.17) is 0 Å². The lowest BCUT2D eigenvalue weighted by Gasteiger charge is -2.10. The molecule has 3 nitrogen and oxygen atoms in total. The number of aromatic nitrogens is 1. The van der Waals surface area contributed by atoms with Gasteiger partial charge in [-0.05, 0) is 31.2 Å². The Morgan fingerprint density at radius 3 is 2.48 bits per heavy atom. The Kier molecular flexibility index (Phi) is 10.7. The minimum atomic E-state index is 0.218. The number of phenolic OH excluding ortho intramolecular Hbond substituents is 1. The third kappa shape index (κ3) is 6.39. The molecule has 124 valence electrons. The second kappa shape index (κ2) is 12.0. The van der Waals surface area contributed by atoms with Crippen LogP contribution in [0, 0.1) is 0 Å². The third-order valence-corrected chi connectivity index (χ3v) is 2.73. The van der Waals surface area contributed by atoms with Gasteiger partial charge in [0, 0.05) is 29.0 Å². The van der Waals surface area contributed by atoms with Crippen LogP contribution in [0.25, 0.3) is 10.9 Å². The molecule has 1 heterocycles. The van der Waals surface area contributed by atoms with E-state index in [1.165, 1.54) is 0 Å². The molecule has 0 amide bonds. The lowest BCUT2D eigenvalue weighted by Crippen LogP contribution is -1.97. The lowest BCUT2D eigenvalue weighted by molar-refractivity contribution is 0.476. The Morgan fingerprint density at radius 2 is 1.87 bits per heavy atom. The summed E-state index contributed by atoms with van der Waals surface area (Å²) in [7, 11) is 0. The zero-order valence-corrected chi connectivity index (χ0v) is 14.8. The van der Waals surface area contributed by atoms with Crippen LogP contribution in [-0.4, -0.2) is 10.1 Å². The van der Waals surface area contributed by atoms with Gasteiger partial charge in [-0.1, -0.05) is 52.5 Å². The number of aromatic hydroxyl groups is 1. The molecule has 23 heavy (non-hydrogen) atoms. The average molecular weight is 312 g/mol. The number of pyridine rings is 1. The van der Waals surface area contributed by atoms with Crippen LogP contribution in [0.4, 0.5) is 5.69 Å². The summed E-state index contributed by atoms with van der Waals surface area (Å²) < 4.78 is 0. The maximum absolute atomic E-state index is 9.47. The minimum Gasteiger partial charge on any atom is -0.508 e. The second-order valence-electron chi connectivity index (χ2n) is 4.02. The van der Waals surface area contributed by atoms with Crippen molar-refractivity contribution in [2.24, 2.45) is 0 Å². The molecule has 2 aromatic rings. The number of benzene rings is 1. The predicted octanol–water partition coefficient (Wildman–Crippen LogP) is 6.05. The molecule has 0 saturated heterocycles. The fourth-order valence-electron chi connectivity index (χ4n) is 1.78. The summed E-state index contributed by atoms with van der Waals surface area (Å²) in [5.74, 6) is 0.218. The zero-order chi connectivity index (χ0) is 17.7. The van der Waals surface area contributed by atoms with Crippen LogP contribution in [-0.2, 0) is 0 Å². The van der Waals surface area contributed by atoms with E-state index in [1.54, 1.807) is 24.4 Å². The van der Waals surface area contributed by atoms with E-state index in [-0.39, 0.29) is 5.75 Å². The molecule has 0 aliphatic carbocycles. The second-order valence-corrected chi connectivity index (χ2v) is 4.02. The summed E-state index contributed by atoms with van der Waals surface area (Å²) >= 11 is 0. The Hall–Kier alpha value is -2.55. The van der Waals surface area contributed by atoms with Crippen LogP contribution in [0.2, 0.25) is 0 Å². The number of nitrogens with zero attached hydrogens (tertiary/aromatic N) is 1. The molecule has 2 rings (SSSR count). The Bertz CT molecular complexity index is 658. The summed E-state index contributed by atoms with van der Waals surface area (Å²) in [5.41, 5.74) is 2.68. The number of anilines is 1. The van der Waals surface area contributed by atoms with Crippen molar-refractivity contribution in [2.75, 3.05) is 5.32 Å². The third-order valence-electron chi connectivity index (χ3n) is 2.73. The molecular formula is C20H28N2O. The number of rotatable bonds is 4. The topological polar surface area (TPSA) is 45.2 Å². The molecule has 0 atom stereocenters. The van der Waals surface area contributed by atoms with Crippen molar-refractivity contribution >= 4 is 16.6 Å². The van der Waals surface area contributed by atoms with Gasteiger partial charge in [-0.3, -0.25) is 4.98 Å². The van der Waals surface area contributed by atoms with Crippen LogP contribution in [0.1, 0.15) is 34.6 Å². The molecule has 0 radical (unpaired) electrons. The number of hydrogen-bond donors (Lipinski definition) is 2. The number of phenols is 1. The predicted molar refractivity (Wildman–Crippen MR) is 103 cm³/mol. The Labute approximate surface area is 140 Å². The van der Waals surface area contributed by atoms with E-state index in [0.717, 1.165) is 22.3 Å². The van der Waals surface area contributed by atoms with Gasteiger partial charge < -0.3 is 10.4 Å². The largest absolute Gasteiger partial charge is 0.508 e. The van der Waals surface area contributed by atoms with E-state index in [1.807, 2.05) is 65.0 Å². The highest BCUT2D eigenvalue weighted by molar-refractivity contribution is 5.92. The lowest BCUT2D eigenvalue weighted by atomic mass is 10.1. The molecule has 0 aliphatic rings. The molecule has 2 N–H and O–H groups in total. The van der Waals surface area contributed by atoms with Crippen molar-refractivity contribution in [3.63, 3.8) is 0 Å². The van der Waals surface area contributed by atoms with Gasteiger partial charge in [-0.2, -0.15) is 0 Å². The highest BCUT2D eigenvalue weighted by Crippen LogP contribution is 2.25. The number of nitrogens with one attached hydrogen (secondary N) is 1. The van der Waals surface area contributed by atoms with Crippen LogP contribution in [0.15, 0.2) is 67.0 Å². The van der Waals surface area contributed by atoms with Gasteiger partial charge in [0.1, 0.15) is 5.75 Å². The highest BCUT2D eigenvalue weighted by Gasteiger charge is 2.03. The van der Waals surface area contributed by atoms with Gasteiger partial charge in [0.15, 0.2) is 0 Å². The van der Waals surface area contributed by atoms with Crippen molar-refractivity contribution in [3.8, 4) is 5.75 Å². The van der Waals surface area contributed by atoms with Gasteiger partial charge in [0.2, 0.25) is 0 Å². The summed E-state index contributed by atoms with van der Waals surface area (Å²) in [6.45, 7) is 13.6. The molecule has 0 bridgehead atoms. The number of hydrogen-bond acceptors (Lipinski definition) is 3. The van der Waals surface area contributed by atoms with Crippen LogP contribution in [0.3, 0.4) is 0 Å². The van der Waals surface area contributed by atoms with Gasteiger partial charge in [-0.25, -0.2) is 0 Å². The van der Waals surface area contributed by atoms with Crippen molar-refractivity contribution in [3.05, 3.63) is 67.0 Å². The fourth-order valence-corrected chi connectivity index (χ4v) is 1.78. The van der Waals surface area contributed by atoms with Crippen molar-refractivity contribution < 1.29 is 5.11 Å². The van der Waals surface area contributed by atoms with Crippen molar-refractivity contribution in [1.82, 2.24) is 4.98 Å². The quantitative estimate of drug-likeness (QED) is 0.675. The summed E-state index contributed by atoms with van der Waals surface area (Å²) in [6.07, 6.45) is 9.24. The molecule has 0 spiro atoms. The van der Waals surface area contributed by atoms with E-state index in [0.29, 0.717) is 0 Å². The first-order valence-corrected chi connectivity index (χ1v) is 8.05. The monoisotopic (exact) mass is 312 g/mol. The molecule has 0 unspecified atom stereocenters. The van der Waals surface area contributed by atoms with Gasteiger partial charge >= 0.3 is 0 Å². The maximum Gasteiger partial charge on any atom is 0.117 e. The molecule has 1 aromatic heterocycles. The fraction of sp³-hybridized carbons (Fsp3) is 0.250. The summed E-state index contributed by atoms with van der Waals surface area (Å²) in [5, 5.41) is 13.8. The van der Waals surface area contributed by atoms with Crippen LogP contribution < -0.4 is 5.32 Å². The van der Waals surface area contributed by atoms with E-state index >= 15 is 0 Å². The number of allylic oxidation sites excluding steroid dienone is 4. The summed E-state index contributed by atoms with van der Waals surface area (Å²) in [6, 6.07) is 7.06. The van der Waals surface area contributed by atoms with E-state index in [2.05, 4.69) is 16.9 Å². The van der Waals surface area contributed by atoms with E-state index < -0.39 is 0 Å². The van der Waals surface area contributed by atoms with Gasteiger partial charge in [-0.15, -0.1) is 0 Å². The highest BCUT2D eigenvalue weighted by atomic mass is 16.3. The molecule has 0 saturated carbocycles.